The minimum atomic E-state index is -0.330. The van der Waals surface area contributed by atoms with Gasteiger partial charge >= 0.3 is 0 Å². The predicted molar refractivity (Wildman–Crippen MR) is 81.8 cm³/mol. The Balaban J connectivity index is 2.10. The van der Waals surface area contributed by atoms with Crippen molar-refractivity contribution in [3.8, 4) is 0 Å². The number of hydrogen-bond acceptors (Lipinski definition) is 2. The molecule has 1 heterocycles. The van der Waals surface area contributed by atoms with Gasteiger partial charge < -0.3 is 0 Å². The number of fused-ring (bicyclic) bond motifs is 1. The Hall–Kier alpha value is -1.40. The van der Waals surface area contributed by atoms with Crippen LogP contribution in [0.25, 0.3) is 0 Å². The van der Waals surface area contributed by atoms with E-state index < -0.39 is 0 Å². The second-order valence-electron chi connectivity index (χ2n) is 4.11. The van der Waals surface area contributed by atoms with Crippen LogP contribution in [0.15, 0.2) is 42.5 Å². The van der Waals surface area contributed by atoms with Crippen LogP contribution in [0.2, 0.25) is 5.02 Å². The molecule has 0 N–H and O–H groups in total. The number of hydrogen-bond donors (Lipinski definition) is 0. The molecule has 0 saturated heterocycles. The Morgan fingerprint density at radius 3 is 2.21 bits per heavy atom. The molecule has 0 bridgehead atoms. The van der Waals surface area contributed by atoms with Gasteiger partial charge in [-0.1, -0.05) is 11.6 Å². The van der Waals surface area contributed by atoms with E-state index in [1.54, 1.807) is 24.3 Å². The molecule has 2 aromatic rings. The second kappa shape index (κ2) is 4.61. The van der Waals surface area contributed by atoms with Gasteiger partial charge in [-0.25, -0.2) is 4.90 Å². The van der Waals surface area contributed by atoms with Crippen LogP contribution in [0.3, 0.4) is 0 Å². The number of anilines is 1. The van der Waals surface area contributed by atoms with Crippen LogP contribution >= 0.6 is 34.2 Å². The third-order valence-corrected chi connectivity index (χ3v) is 3.89. The first kappa shape index (κ1) is 12.6. The van der Waals surface area contributed by atoms with Crippen LogP contribution in [-0.4, -0.2) is 11.8 Å². The lowest BCUT2D eigenvalue weighted by atomic mass is 10.1. The van der Waals surface area contributed by atoms with E-state index in [9.17, 15) is 9.59 Å². The van der Waals surface area contributed by atoms with Crippen molar-refractivity contribution in [1.29, 1.82) is 0 Å². The minimum absolute atomic E-state index is 0.308. The van der Waals surface area contributed by atoms with Gasteiger partial charge in [0.2, 0.25) is 0 Å². The Bertz CT molecular complexity index is 697. The van der Waals surface area contributed by atoms with Crippen LogP contribution < -0.4 is 4.90 Å². The van der Waals surface area contributed by atoms with E-state index in [1.165, 1.54) is 11.0 Å². The first-order chi connectivity index (χ1) is 9.08. The molecule has 0 unspecified atom stereocenters. The maximum Gasteiger partial charge on any atom is 0.266 e. The molecule has 1 aliphatic rings. The van der Waals surface area contributed by atoms with Crippen molar-refractivity contribution in [2.45, 2.75) is 0 Å². The highest BCUT2D eigenvalue weighted by Gasteiger charge is 2.36. The number of amides is 2. The summed E-state index contributed by atoms with van der Waals surface area (Å²) in [6.07, 6.45) is 0. The van der Waals surface area contributed by atoms with Crippen LogP contribution in [-0.2, 0) is 0 Å². The molecule has 1 aliphatic heterocycles. The average molecular weight is 384 g/mol. The van der Waals surface area contributed by atoms with Crippen LogP contribution in [0.1, 0.15) is 20.7 Å². The number of nitrogens with zero attached hydrogens (tertiary/aromatic N) is 1. The number of rotatable bonds is 1. The average Bonchev–Trinajstić information content (AvgIpc) is 2.63. The first-order valence-corrected chi connectivity index (χ1v) is 6.97. The van der Waals surface area contributed by atoms with E-state index in [0.717, 1.165) is 3.57 Å². The van der Waals surface area contributed by atoms with Crippen LogP contribution in [0.4, 0.5) is 5.69 Å². The van der Waals surface area contributed by atoms with E-state index in [-0.39, 0.29) is 11.8 Å². The molecule has 19 heavy (non-hydrogen) atoms. The van der Waals surface area contributed by atoms with Gasteiger partial charge in [0.05, 0.1) is 16.8 Å². The highest BCUT2D eigenvalue weighted by Crippen LogP contribution is 2.30. The van der Waals surface area contributed by atoms with Crippen molar-refractivity contribution in [3.05, 3.63) is 62.2 Å². The molecule has 3 rings (SSSR count). The highest BCUT2D eigenvalue weighted by atomic mass is 127. The van der Waals surface area contributed by atoms with Gasteiger partial charge in [0.1, 0.15) is 0 Å². The van der Waals surface area contributed by atoms with Crippen molar-refractivity contribution in [3.63, 3.8) is 0 Å². The van der Waals surface area contributed by atoms with Gasteiger partial charge in [-0.2, -0.15) is 0 Å². The topological polar surface area (TPSA) is 37.4 Å². The van der Waals surface area contributed by atoms with E-state index in [4.69, 9.17) is 11.6 Å². The number of carbonyl (C=O) groups is 2. The van der Waals surface area contributed by atoms with Crippen molar-refractivity contribution < 1.29 is 9.59 Å². The summed E-state index contributed by atoms with van der Waals surface area (Å²) in [7, 11) is 0. The molecule has 2 amide bonds. The molecule has 5 heteroatoms. The molecule has 0 aliphatic carbocycles. The van der Waals surface area contributed by atoms with Gasteiger partial charge in [-0.3, -0.25) is 9.59 Å². The summed E-state index contributed by atoms with van der Waals surface area (Å²) in [4.78, 5) is 25.7. The van der Waals surface area contributed by atoms with Gasteiger partial charge in [0.25, 0.3) is 11.8 Å². The Labute approximate surface area is 128 Å². The fourth-order valence-corrected chi connectivity index (χ4v) is 2.57. The third kappa shape index (κ3) is 2.04. The molecule has 0 aromatic heterocycles. The summed E-state index contributed by atoms with van der Waals surface area (Å²) >= 11 is 8.04. The first-order valence-electron chi connectivity index (χ1n) is 5.52. The zero-order valence-electron chi connectivity index (χ0n) is 9.56. The molecular weight excluding hydrogens is 377 g/mol. The molecule has 0 radical (unpaired) electrons. The quantitative estimate of drug-likeness (QED) is 0.556. The maximum absolute atomic E-state index is 12.3. The Kier molecular flexibility index (Phi) is 3.06. The summed E-state index contributed by atoms with van der Waals surface area (Å²) < 4.78 is 1.04. The van der Waals surface area contributed by atoms with Crippen molar-refractivity contribution in [2.75, 3.05) is 4.90 Å². The van der Waals surface area contributed by atoms with Gasteiger partial charge in [-0.15, -0.1) is 0 Å². The molecular formula is C14H7ClINO2. The lowest BCUT2D eigenvalue weighted by Gasteiger charge is -2.13. The summed E-state index contributed by atoms with van der Waals surface area (Å²) in [6, 6.07) is 12.0. The molecule has 94 valence electrons. The summed E-state index contributed by atoms with van der Waals surface area (Å²) in [5.74, 6) is -0.637. The fourth-order valence-electron chi connectivity index (χ4n) is 2.04. The van der Waals surface area contributed by atoms with E-state index >= 15 is 0 Å². The molecule has 2 aromatic carbocycles. The lowest BCUT2D eigenvalue weighted by molar-refractivity contribution is 0.0926. The van der Waals surface area contributed by atoms with Gasteiger partial charge in [0.15, 0.2) is 0 Å². The second-order valence-corrected chi connectivity index (χ2v) is 5.79. The lowest BCUT2D eigenvalue weighted by Crippen LogP contribution is -2.29. The van der Waals surface area contributed by atoms with Crippen molar-refractivity contribution >= 4 is 51.7 Å². The van der Waals surface area contributed by atoms with Crippen molar-refractivity contribution in [2.24, 2.45) is 0 Å². The number of carbonyl (C=O) groups excluding carboxylic acids is 2. The van der Waals surface area contributed by atoms with Crippen LogP contribution in [0, 0.1) is 3.57 Å². The summed E-state index contributed by atoms with van der Waals surface area (Å²) in [5, 5.41) is 0.448. The zero-order chi connectivity index (χ0) is 13.6. The molecule has 0 fully saturated rings. The summed E-state index contributed by atoms with van der Waals surface area (Å²) in [6.45, 7) is 0. The zero-order valence-corrected chi connectivity index (χ0v) is 12.5. The highest BCUT2D eigenvalue weighted by molar-refractivity contribution is 14.1. The third-order valence-electron chi connectivity index (χ3n) is 2.93. The smallest absolute Gasteiger partial charge is 0.266 e. The van der Waals surface area contributed by atoms with E-state index in [0.29, 0.717) is 21.8 Å². The molecule has 0 spiro atoms. The normalized spacial score (nSPS) is 13.9. The fraction of sp³-hybridized carbons (Fsp3) is 0. The van der Waals surface area contributed by atoms with E-state index in [2.05, 4.69) is 22.6 Å². The largest absolute Gasteiger partial charge is 0.268 e. The molecule has 0 atom stereocenters. The predicted octanol–water partition coefficient (Wildman–Crippen LogP) is 3.75. The number of halogens is 2. The molecule has 3 nitrogen and oxygen atoms in total. The monoisotopic (exact) mass is 383 g/mol. The molecule has 0 saturated carbocycles. The number of imide groups is 1. The van der Waals surface area contributed by atoms with Crippen LogP contribution in [0.5, 0.6) is 0 Å². The van der Waals surface area contributed by atoms with Gasteiger partial charge in [-0.05, 0) is 65.1 Å². The SMILES string of the molecule is O=C1c2ccc(Cl)cc2C(=O)N1c1ccc(I)cc1. The van der Waals surface area contributed by atoms with Gasteiger partial charge in [0, 0.05) is 8.59 Å². The summed E-state index contributed by atoms with van der Waals surface area (Å²) in [5.41, 5.74) is 1.33. The standard InChI is InChI=1S/C14H7ClINO2/c15-8-1-6-11-12(7-8)14(19)17(13(11)18)10-4-2-9(16)3-5-10/h1-7H. The number of benzene rings is 2. The maximum atomic E-state index is 12.3. The van der Waals surface area contributed by atoms with E-state index in [1.807, 2.05) is 12.1 Å². The minimum Gasteiger partial charge on any atom is -0.268 e. The van der Waals surface area contributed by atoms with Crippen molar-refractivity contribution in [1.82, 2.24) is 0 Å². The Morgan fingerprint density at radius 1 is 0.895 bits per heavy atom. The Morgan fingerprint density at radius 2 is 1.53 bits per heavy atom.